The molecule has 0 N–H and O–H groups in total. The fourth-order valence-corrected chi connectivity index (χ4v) is 0. The molecule has 0 unspecified atom stereocenters. The zero-order chi connectivity index (χ0) is 0. The normalized spacial score (nSPS) is 0. The predicted octanol–water partition coefficient (Wildman–Crippen LogP) is -0.244. The van der Waals surface area contributed by atoms with Crippen LogP contribution in [0.25, 0.3) is 0 Å². The molecule has 6 heteroatoms. The molecule has 0 aromatic heterocycles. The summed E-state index contributed by atoms with van der Waals surface area (Å²) in [5.41, 5.74) is 0. The van der Waals surface area contributed by atoms with Gasteiger partial charge in [0.25, 0.3) is 0 Å². The van der Waals surface area contributed by atoms with Crippen LogP contribution in [-0.2, 0) is 16.4 Å². The molecular weight excluding hydrogens is 395 g/mol. The van der Waals surface area contributed by atoms with E-state index in [-0.39, 0.29) is 110 Å². The average molecular weight is 397 g/mol. The van der Waals surface area contributed by atoms with Gasteiger partial charge in [-0.05, 0) is 0 Å². The van der Waals surface area contributed by atoms with Crippen LogP contribution in [0.1, 0.15) is 0 Å². The van der Waals surface area contributed by atoms with Crippen molar-refractivity contribution in [3.63, 3.8) is 0 Å². The van der Waals surface area contributed by atoms with Crippen molar-refractivity contribution in [2.45, 2.75) is 0 Å². The van der Waals surface area contributed by atoms with Gasteiger partial charge in [-0.1, -0.05) is 0 Å². The van der Waals surface area contributed by atoms with Crippen molar-refractivity contribution >= 4 is 13.5 Å². The molecular formula is H2Gd2O3S. The predicted molar refractivity (Wildman–Crippen MR) is 12.4 cm³/mol. The van der Waals surface area contributed by atoms with Crippen molar-refractivity contribution in [3.05, 3.63) is 0 Å². The van der Waals surface area contributed by atoms with Gasteiger partial charge in [-0.2, -0.15) is 13.5 Å². The van der Waals surface area contributed by atoms with E-state index in [1.54, 1.807) is 0 Å². The molecule has 2 radical (unpaired) electrons. The number of hydrogen-bond donors (Lipinski definition) is 0. The fourth-order valence-electron chi connectivity index (χ4n) is 0. The van der Waals surface area contributed by atoms with Crippen molar-refractivity contribution in [1.29, 1.82) is 0 Å². The third-order valence-electron chi connectivity index (χ3n) is 0. The molecule has 0 atom stereocenters. The Labute approximate surface area is 107 Å². The van der Waals surface area contributed by atoms with E-state index in [9.17, 15) is 0 Å². The largest absolute Gasteiger partial charge is 3.00 e. The van der Waals surface area contributed by atoms with E-state index in [0.29, 0.717) is 0 Å². The summed E-state index contributed by atoms with van der Waals surface area (Å²) in [5, 5.41) is 0. The van der Waals surface area contributed by atoms with Crippen LogP contribution in [0, 0.1) is 79.9 Å². The van der Waals surface area contributed by atoms with Gasteiger partial charge in [0, 0.05) is 0 Å². The van der Waals surface area contributed by atoms with Crippen LogP contribution in [0.2, 0.25) is 0 Å². The number of hydrogen-bond acceptors (Lipinski definition) is 0. The Bertz CT molecular complexity index is 8.75. The van der Waals surface area contributed by atoms with E-state index in [4.69, 9.17) is 0 Å². The zero-order valence-electron chi connectivity index (χ0n) is 2.43. The molecule has 0 spiro atoms. The molecule has 0 heterocycles. The first-order valence-electron chi connectivity index (χ1n) is 0. The Balaban J connectivity index is 0. The molecule has 0 saturated carbocycles. The van der Waals surface area contributed by atoms with Crippen molar-refractivity contribution in [1.82, 2.24) is 0 Å². The first kappa shape index (κ1) is 66.5. The van der Waals surface area contributed by atoms with E-state index in [0.717, 1.165) is 0 Å². The summed E-state index contributed by atoms with van der Waals surface area (Å²) in [4.78, 5) is 0. The molecule has 0 saturated heterocycles. The van der Waals surface area contributed by atoms with Crippen molar-refractivity contribution < 1.29 is 96.3 Å². The summed E-state index contributed by atoms with van der Waals surface area (Å²) in [5.74, 6) is 0. The van der Waals surface area contributed by atoms with Gasteiger partial charge in [0.15, 0.2) is 0 Å². The quantitative estimate of drug-likeness (QED) is 0.541. The molecule has 0 amide bonds. The molecule has 0 aliphatic rings. The van der Waals surface area contributed by atoms with Gasteiger partial charge in [0.05, 0.1) is 0 Å². The average Bonchev–Trinajstić information content (AvgIpc) is 0. The minimum Gasteiger partial charge on any atom is -2.00 e. The van der Waals surface area contributed by atoms with Gasteiger partial charge in [0.2, 0.25) is 0 Å². The van der Waals surface area contributed by atoms with Crippen LogP contribution in [-0.4, -0.2) is 0 Å². The van der Waals surface area contributed by atoms with Crippen LogP contribution in [0.5, 0.6) is 0 Å². The van der Waals surface area contributed by atoms with Crippen LogP contribution < -0.4 is 0 Å². The van der Waals surface area contributed by atoms with Crippen molar-refractivity contribution in [2.75, 3.05) is 0 Å². The summed E-state index contributed by atoms with van der Waals surface area (Å²) in [6.07, 6.45) is 0. The molecule has 3 nitrogen and oxygen atoms in total. The Morgan fingerprint density at radius 2 is 0.500 bits per heavy atom. The molecule has 0 aliphatic carbocycles. The third kappa shape index (κ3) is 28.7. The standard InChI is InChI=1S/2Gd.3O.H2S/h;;;;;1H2/q2*+3;3*-2;. The third-order valence-corrected chi connectivity index (χ3v) is 0. The maximum atomic E-state index is 0. The Morgan fingerprint density at radius 3 is 0.500 bits per heavy atom. The zero-order valence-corrected chi connectivity index (χ0v) is 7.97. The van der Waals surface area contributed by atoms with Gasteiger partial charge in [0.1, 0.15) is 0 Å². The summed E-state index contributed by atoms with van der Waals surface area (Å²) in [6, 6.07) is 0. The van der Waals surface area contributed by atoms with Crippen LogP contribution >= 0.6 is 13.5 Å². The first-order valence-corrected chi connectivity index (χ1v) is 0. The minimum absolute atomic E-state index is 0. The van der Waals surface area contributed by atoms with E-state index in [1.165, 1.54) is 0 Å². The topological polar surface area (TPSA) is 85.5 Å². The van der Waals surface area contributed by atoms with Gasteiger partial charge < -0.3 is 16.4 Å². The molecule has 0 rings (SSSR count). The summed E-state index contributed by atoms with van der Waals surface area (Å²) >= 11 is 0. The van der Waals surface area contributed by atoms with Gasteiger partial charge in [-0.25, -0.2) is 0 Å². The van der Waals surface area contributed by atoms with Gasteiger partial charge in [-0.15, -0.1) is 0 Å². The van der Waals surface area contributed by atoms with Crippen LogP contribution in [0.3, 0.4) is 0 Å². The molecule has 0 aromatic carbocycles. The Hall–Kier alpha value is 2.88. The van der Waals surface area contributed by atoms with Crippen molar-refractivity contribution in [2.24, 2.45) is 0 Å². The summed E-state index contributed by atoms with van der Waals surface area (Å²) in [6.45, 7) is 0. The monoisotopic (exact) mass is 398 g/mol. The first-order chi connectivity index (χ1) is 0. The van der Waals surface area contributed by atoms with Crippen molar-refractivity contribution in [3.8, 4) is 0 Å². The molecule has 0 bridgehead atoms. The van der Waals surface area contributed by atoms with Gasteiger partial charge >= 0.3 is 79.9 Å². The van der Waals surface area contributed by atoms with E-state index in [2.05, 4.69) is 0 Å². The summed E-state index contributed by atoms with van der Waals surface area (Å²) in [7, 11) is 0. The SMILES string of the molecule is S.[Gd+3].[Gd+3].[O-2].[O-2].[O-2]. The molecule has 0 aliphatic heterocycles. The molecule has 0 aromatic rings. The fraction of sp³-hybridized carbons (Fsp3) is 0. The van der Waals surface area contributed by atoms with E-state index in [1.807, 2.05) is 0 Å². The Kier molecular flexibility index (Phi) is 498. The maximum absolute atomic E-state index is 0. The minimum atomic E-state index is 0. The van der Waals surface area contributed by atoms with Crippen LogP contribution in [0.4, 0.5) is 0 Å². The second-order valence-electron chi connectivity index (χ2n) is 0. The molecule has 0 fully saturated rings. The smallest absolute Gasteiger partial charge is 2.00 e. The second-order valence-corrected chi connectivity index (χ2v) is 0. The second kappa shape index (κ2) is 45.0. The van der Waals surface area contributed by atoms with E-state index >= 15 is 0 Å². The van der Waals surface area contributed by atoms with Crippen LogP contribution in [0.15, 0.2) is 0 Å². The maximum Gasteiger partial charge on any atom is 3.00 e. The Morgan fingerprint density at radius 1 is 0.500 bits per heavy atom. The van der Waals surface area contributed by atoms with Gasteiger partial charge in [-0.3, -0.25) is 0 Å². The molecule has 42 valence electrons. The van der Waals surface area contributed by atoms with E-state index < -0.39 is 0 Å². The summed E-state index contributed by atoms with van der Waals surface area (Å²) < 4.78 is 0. The molecule has 6 heavy (non-hydrogen) atoms. The number of rotatable bonds is 0.